The van der Waals surface area contributed by atoms with Crippen LogP contribution in [0.5, 0.6) is 0 Å². The van der Waals surface area contributed by atoms with Crippen LogP contribution >= 0.6 is 19.4 Å². The zero-order valence-corrected chi connectivity index (χ0v) is 21.4. The van der Waals surface area contributed by atoms with Gasteiger partial charge >= 0.3 is 19.8 Å². The molecule has 1 amide bonds. The van der Waals surface area contributed by atoms with Gasteiger partial charge < -0.3 is 19.9 Å². The van der Waals surface area contributed by atoms with Gasteiger partial charge in [-0.2, -0.15) is 0 Å². The normalized spacial score (nSPS) is 29.5. The minimum absolute atomic E-state index is 0.0842. The fourth-order valence-electron chi connectivity index (χ4n) is 3.89. The molecule has 6 atom stereocenters. The van der Waals surface area contributed by atoms with Crippen molar-refractivity contribution in [2.45, 2.75) is 50.9 Å². The SMILES string of the molecule is CC(=O)OC1C(COP2(=O)OCCC(c3cccc(Cl)c3)O2)OC(n2cnc(C(N)=O)n2)C1OC(C)=O. The number of amides is 1. The smallest absolute Gasteiger partial charge is 0.456 e. The van der Waals surface area contributed by atoms with E-state index in [1.54, 1.807) is 24.3 Å². The number of halogens is 1. The van der Waals surface area contributed by atoms with Crippen molar-refractivity contribution >= 4 is 37.3 Å². The number of nitrogens with zero attached hydrogens (tertiary/aromatic N) is 3. The summed E-state index contributed by atoms with van der Waals surface area (Å²) >= 11 is 6.05. The lowest BCUT2D eigenvalue weighted by Gasteiger charge is -2.30. The number of esters is 2. The van der Waals surface area contributed by atoms with Crippen LogP contribution in [0.4, 0.5) is 0 Å². The molecule has 0 radical (unpaired) electrons. The highest BCUT2D eigenvalue weighted by molar-refractivity contribution is 7.48. The van der Waals surface area contributed by atoms with Crippen LogP contribution in [0.15, 0.2) is 30.6 Å². The van der Waals surface area contributed by atoms with Crippen LogP contribution in [0.3, 0.4) is 0 Å². The molecule has 37 heavy (non-hydrogen) atoms. The Hall–Kier alpha value is -2.87. The third-order valence-corrected chi connectivity index (χ3v) is 7.09. The minimum Gasteiger partial charge on any atom is -0.456 e. The van der Waals surface area contributed by atoms with Crippen LogP contribution in [-0.4, -0.2) is 64.1 Å². The highest BCUT2D eigenvalue weighted by atomic mass is 35.5. The van der Waals surface area contributed by atoms with E-state index in [-0.39, 0.29) is 12.4 Å². The summed E-state index contributed by atoms with van der Waals surface area (Å²) in [6.07, 6.45) is -3.76. The Kier molecular flexibility index (Phi) is 8.26. The average Bonchev–Trinajstić information content (AvgIpc) is 3.43. The van der Waals surface area contributed by atoms with Crippen LogP contribution < -0.4 is 5.73 Å². The number of carbonyl (C=O) groups is 3. The predicted molar refractivity (Wildman–Crippen MR) is 123 cm³/mol. The monoisotopic (exact) mass is 558 g/mol. The number of primary amides is 1. The summed E-state index contributed by atoms with van der Waals surface area (Å²) in [5.41, 5.74) is 5.90. The van der Waals surface area contributed by atoms with E-state index in [0.717, 1.165) is 24.9 Å². The van der Waals surface area contributed by atoms with Gasteiger partial charge in [-0.15, -0.1) is 5.10 Å². The number of nitrogens with two attached hydrogens (primary N) is 1. The fourth-order valence-corrected chi connectivity index (χ4v) is 5.49. The summed E-state index contributed by atoms with van der Waals surface area (Å²) in [6.45, 7) is 1.95. The van der Waals surface area contributed by atoms with Crippen molar-refractivity contribution in [1.82, 2.24) is 14.8 Å². The summed E-state index contributed by atoms with van der Waals surface area (Å²) < 4.78 is 47.4. The number of hydrogen-bond donors (Lipinski definition) is 1. The third kappa shape index (κ3) is 6.53. The summed E-state index contributed by atoms with van der Waals surface area (Å²) in [6, 6.07) is 6.90. The second kappa shape index (κ2) is 11.3. The number of hydrogen-bond acceptors (Lipinski definition) is 12. The van der Waals surface area contributed by atoms with Gasteiger partial charge in [0.1, 0.15) is 12.4 Å². The number of ether oxygens (including phenoxy) is 3. The topological polar surface area (TPSA) is 180 Å². The van der Waals surface area contributed by atoms with E-state index >= 15 is 0 Å². The maximum Gasteiger partial charge on any atom is 0.475 e. The maximum atomic E-state index is 13.2. The first-order valence-electron chi connectivity index (χ1n) is 11.1. The molecule has 2 N–H and O–H groups in total. The zero-order valence-electron chi connectivity index (χ0n) is 19.7. The van der Waals surface area contributed by atoms with Crippen LogP contribution in [-0.2, 0) is 41.9 Å². The second-order valence-corrected chi connectivity index (χ2v) is 10.2. The van der Waals surface area contributed by atoms with E-state index < -0.39 is 62.9 Å². The van der Waals surface area contributed by atoms with Gasteiger partial charge in [-0.05, 0) is 17.7 Å². The van der Waals surface area contributed by atoms with Crippen molar-refractivity contribution in [3.05, 3.63) is 47.0 Å². The molecule has 1 aromatic carbocycles. The van der Waals surface area contributed by atoms with Crippen molar-refractivity contribution in [2.24, 2.45) is 5.73 Å². The summed E-state index contributed by atoms with van der Waals surface area (Å²) in [7, 11) is -4.08. The molecule has 14 nitrogen and oxygen atoms in total. The van der Waals surface area contributed by atoms with Crippen molar-refractivity contribution in [1.29, 1.82) is 0 Å². The average molecular weight is 559 g/mol. The standard InChI is InChI=1S/C21H24ClN4O10P/c1-11(27)33-17-16(35-21(18(17)34-12(2)28)26-10-24-20(25-26)19(23)29)9-32-37(30)31-7-6-15(36-37)13-4-3-5-14(22)8-13/h3-5,8,10,15-18,21H,6-7,9H2,1-2H3,(H2,23,29). The van der Waals surface area contributed by atoms with Gasteiger partial charge in [-0.25, -0.2) is 14.2 Å². The van der Waals surface area contributed by atoms with E-state index in [9.17, 15) is 18.9 Å². The Morgan fingerprint density at radius 1 is 1.22 bits per heavy atom. The largest absolute Gasteiger partial charge is 0.475 e. The van der Waals surface area contributed by atoms with Crippen molar-refractivity contribution in [3.8, 4) is 0 Å². The Balaban J connectivity index is 1.53. The zero-order chi connectivity index (χ0) is 26.7. The Labute approximate surface area is 215 Å². The number of rotatable bonds is 8. The molecule has 2 saturated heterocycles. The molecule has 0 bridgehead atoms. The van der Waals surface area contributed by atoms with E-state index in [1.807, 2.05) is 0 Å². The molecule has 3 heterocycles. The first-order chi connectivity index (χ1) is 17.5. The van der Waals surface area contributed by atoms with Crippen LogP contribution in [0.25, 0.3) is 0 Å². The second-order valence-electron chi connectivity index (χ2n) is 8.14. The van der Waals surface area contributed by atoms with Crippen molar-refractivity contribution in [2.75, 3.05) is 13.2 Å². The number of carbonyl (C=O) groups excluding carboxylic acids is 3. The van der Waals surface area contributed by atoms with Crippen LogP contribution in [0.2, 0.25) is 5.02 Å². The number of aromatic nitrogens is 3. The van der Waals surface area contributed by atoms with Gasteiger partial charge in [0, 0.05) is 25.3 Å². The molecule has 0 saturated carbocycles. The lowest BCUT2D eigenvalue weighted by Crippen LogP contribution is -2.40. The summed E-state index contributed by atoms with van der Waals surface area (Å²) in [5, 5.41) is 4.42. The first-order valence-corrected chi connectivity index (χ1v) is 12.9. The predicted octanol–water partition coefficient (Wildman–Crippen LogP) is 2.09. The highest BCUT2D eigenvalue weighted by Crippen LogP contribution is 2.57. The van der Waals surface area contributed by atoms with Crippen LogP contribution in [0.1, 0.15) is 48.8 Å². The fraction of sp³-hybridized carbons (Fsp3) is 0.476. The third-order valence-electron chi connectivity index (χ3n) is 5.38. The van der Waals surface area contributed by atoms with Crippen molar-refractivity contribution < 1.29 is 46.7 Å². The molecule has 200 valence electrons. The van der Waals surface area contributed by atoms with Crippen LogP contribution in [0, 0.1) is 0 Å². The Morgan fingerprint density at radius 2 is 1.95 bits per heavy atom. The lowest BCUT2D eigenvalue weighted by atomic mass is 10.1. The maximum absolute atomic E-state index is 13.2. The van der Waals surface area contributed by atoms with Gasteiger partial charge in [-0.3, -0.25) is 28.0 Å². The van der Waals surface area contributed by atoms with Gasteiger partial charge in [0.15, 0.2) is 18.4 Å². The van der Waals surface area contributed by atoms with Gasteiger partial charge in [0.25, 0.3) is 5.91 Å². The molecule has 1 aromatic heterocycles. The molecule has 2 fully saturated rings. The Morgan fingerprint density at radius 3 is 2.59 bits per heavy atom. The molecule has 2 aromatic rings. The minimum atomic E-state index is -4.08. The molecular weight excluding hydrogens is 535 g/mol. The molecule has 4 rings (SSSR count). The molecule has 0 spiro atoms. The number of phosphoric ester groups is 1. The van der Waals surface area contributed by atoms with E-state index in [2.05, 4.69) is 10.1 Å². The van der Waals surface area contributed by atoms with Gasteiger partial charge in [0.05, 0.1) is 19.3 Å². The molecule has 2 aliphatic heterocycles. The summed E-state index contributed by atoms with van der Waals surface area (Å²) in [5.74, 6) is -2.61. The van der Waals surface area contributed by atoms with Gasteiger partial charge in [-0.1, -0.05) is 23.7 Å². The molecule has 0 aliphatic carbocycles. The summed E-state index contributed by atoms with van der Waals surface area (Å²) in [4.78, 5) is 38.9. The van der Waals surface area contributed by atoms with Gasteiger partial charge in [0.2, 0.25) is 5.82 Å². The van der Waals surface area contributed by atoms with Crippen molar-refractivity contribution in [3.63, 3.8) is 0 Å². The first kappa shape index (κ1) is 27.2. The lowest BCUT2D eigenvalue weighted by molar-refractivity contribution is -0.166. The highest BCUT2D eigenvalue weighted by Gasteiger charge is 2.52. The number of benzene rings is 1. The van der Waals surface area contributed by atoms with E-state index in [4.69, 9.17) is 45.1 Å². The van der Waals surface area contributed by atoms with E-state index in [0.29, 0.717) is 17.0 Å². The molecule has 16 heteroatoms. The molecular formula is C21H24ClN4O10P. The molecule has 6 unspecified atom stereocenters. The Bertz CT molecular complexity index is 1230. The number of phosphoric acid groups is 1. The molecule has 2 aliphatic rings. The van der Waals surface area contributed by atoms with E-state index in [1.165, 1.54) is 0 Å². The quantitative estimate of drug-likeness (QED) is 0.368.